The quantitative estimate of drug-likeness (QED) is 0.138. The van der Waals surface area contributed by atoms with Crippen LogP contribution in [0.25, 0.3) is 0 Å². The number of carboxylic acids is 1. The Kier molecular flexibility index (Phi) is 10.3. The molecule has 5 saturated carbocycles. The summed E-state index contributed by atoms with van der Waals surface area (Å²) in [6.07, 6.45) is -5.72. The van der Waals surface area contributed by atoms with Crippen LogP contribution in [0.1, 0.15) is 98.8 Å². The highest BCUT2D eigenvalue weighted by Crippen LogP contribution is 2.77. The third-order valence-corrected chi connectivity index (χ3v) is 17.0. The van der Waals surface area contributed by atoms with E-state index in [9.17, 15) is 45.6 Å². The van der Waals surface area contributed by atoms with Crippen LogP contribution >= 0.6 is 0 Å². The predicted molar refractivity (Wildman–Crippen MR) is 189 cm³/mol. The number of carbonyl (C=O) groups is 1. The number of allylic oxidation sites excluding steroid dienone is 1. The minimum Gasteiger partial charge on any atom is -0.481 e. The highest BCUT2D eigenvalue weighted by Gasteiger charge is 2.72. The lowest BCUT2D eigenvalue weighted by Crippen LogP contribution is -2.69. The van der Waals surface area contributed by atoms with E-state index < -0.39 is 85.0 Å². The van der Waals surface area contributed by atoms with Crippen LogP contribution in [0.4, 0.5) is 0 Å². The molecule has 0 aromatic carbocycles. The number of ether oxygens (including phenoxy) is 4. The van der Waals surface area contributed by atoms with Gasteiger partial charge in [-0.25, -0.2) is 0 Å². The largest absolute Gasteiger partial charge is 0.481 e. The molecular weight excluding hydrogens is 688 g/mol. The zero-order chi connectivity index (χ0) is 38.6. The van der Waals surface area contributed by atoms with Crippen LogP contribution in [-0.4, -0.2) is 127 Å². The van der Waals surface area contributed by atoms with Gasteiger partial charge in [0.25, 0.3) is 0 Å². The molecule has 0 amide bonds. The molecule has 302 valence electrons. The topological polar surface area (TPSA) is 216 Å². The van der Waals surface area contributed by atoms with E-state index in [-0.39, 0.29) is 40.6 Å². The summed E-state index contributed by atoms with van der Waals surface area (Å²) < 4.78 is 23.3. The van der Waals surface area contributed by atoms with Crippen LogP contribution in [0, 0.1) is 51.2 Å². The van der Waals surface area contributed by atoms with E-state index in [0.717, 1.165) is 56.9 Å². The van der Waals surface area contributed by atoms with Gasteiger partial charge in [-0.3, -0.25) is 4.79 Å². The average Bonchev–Trinajstić information content (AvgIpc) is 3.51. The first-order valence-corrected chi connectivity index (χ1v) is 20.0. The number of rotatable bonds is 7. The number of hydrogen-bond acceptors (Lipinski definition) is 12. The number of aliphatic carboxylic acids is 1. The molecule has 20 atom stereocenters. The molecule has 0 aromatic rings. The highest BCUT2D eigenvalue weighted by atomic mass is 16.7. The van der Waals surface area contributed by atoms with Crippen LogP contribution in [0.5, 0.6) is 0 Å². The van der Waals surface area contributed by atoms with E-state index in [1.807, 2.05) is 6.92 Å². The molecule has 13 nitrogen and oxygen atoms in total. The molecule has 20 unspecified atom stereocenters. The average molecular weight is 753 g/mol. The summed E-state index contributed by atoms with van der Waals surface area (Å²) >= 11 is 0. The minimum atomic E-state index is -1.68. The van der Waals surface area contributed by atoms with E-state index in [1.54, 1.807) is 0 Å². The number of aliphatic hydroxyl groups excluding tert-OH is 6. The van der Waals surface area contributed by atoms with Crippen molar-refractivity contribution in [2.75, 3.05) is 13.2 Å². The second kappa shape index (κ2) is 13.7. The molecule has 0 spiro atoms. The van der Waals surface area contributed by atoms with Crippen molar-refractivity contribution in [1.29, 1.82) is 0 Å². The van der Waals surface area contributed by atoms with Crippen LogP contribution in [0.3, 0.4) is 0 Å². The Labute approximate surface area is 312 Å². The van der Waals surface area contributed by atoms with E-state index in [4.69, 9.17) is 18.9 Å². The van der Waals surface area contributed by atoms with Crippen LogP contribution in [-0.2, 0) is 23.7 Å². The molecule has 7 aliphatic rings. The molecule has 8 N–H and O–H groups in total. The molecule has 0 radical (unpaired) electrons. The fraction of sp³-hybridized carbons (Fsp3) is 0.925. The Morgan fingerprint density at radius 2 is 1.47 bits per heavy atom. The van der Waals surface area contributed by atoms with Gasteiger partial charge in [0.1, 0.15) is 42.7 Å². The number of fused-ring (bicyclic) bond motifs is 7. The van der Waals surface area contributed by atoms with Gasteiger partial charge in [0.15, 0.2) is 12.6 Å². The second-order valence-corrected chi connectivity index (χ2v) is 19.1. The third kappa shape index (κ3) is 5.76. The SMILES string of the molecule is C=C(C)C1CCC2(C(=O)O)CCC3(C)C(CCC4C5(C)CCC(OC6OCC(OC7OC(CO)C(O)C(O)C7O)C(O)C6O)C(C)(O)C5CCC43C)C12. The van der Waals surface area contributed by atoms with Crippen molar-refractivity contribution >= 4 is 5.97 Å². The van der Waals surface area contributed by atoms with E-state index >= 15 is 0 Å². The Morgan fingerprint density at radius 3 is 2.13 bits per heavy atom. The van der Waals surface area contributed by atoms with Crippen molar-refractivity contribution in [3.8, 4) is 0 Å². The smallest absolute Gasteiger partial charge is 0.309 e. The van der Waals surface area contributed by atoms with E-state index in [0.29, 0.717) is 24.7 Å². The maximum absolute atomic E-state index is 13.0. The molecular formula is C40H64O13. The molecule has 13 heteroatoms. The molecule has 53 heavy (non-hydrogen) atoms. The van der Waals surface area contributed by atoms with Crippen LogP contribution < -0.4 is 0 Å². The van der Waals surface area contributed by atoms with Crippen LogP contribution in [0.2, 0.25) is 0 Å². The van der Waals surface area contributed by atoms with Gasteiger partial charge in [-0.2, -0.15) is 0 Å². The Morgan fingerprint density at radius 1 is 0.774 bits per heavy atom. The van der Waals surface area contributed by atoms with Crippen molar-refractivity contribution < 1.29 is 64.6 Å². The standard InChI is InChI=1S/C40H64O13/c1-19(2)20-9-14-40(35(47)48)16-15-37(4)21(27(20)40)7-8-24-36(3)12-11-26(39(6,49)25(36)10-13-38(24,37)5)53-33-31(45)29(43)23(18-50-33)52-34-32(46)30(44)28(42)22(17-41)51-34/h20-34,41-46,49H,1,7-18H2,2-6H3,(H,47,48). The summed E-state index contributed by atoms with van der Waals surface area (Å²) in [5.41, 5.74) is -1.13. The summed E-state index contributed by atoms with van der Waals surface area (Å²) in [5.74, 6) is 0.192. The molecule has 7 rings (SSSR count). The zero-order valence-electron chi connectivity index (χ0n) is 32.0. The monoisotopic (exact) mass is 752 g/mol. The lowest BCUT2D eigenvalue weighted by Gasteiger charge is -2.72. The van der Waals surface area contributed by atoms with Gasteiger partial charge in [-0.1, -0.05) is 32.9 Å². The summed E-state index contributed by atoms with van der Waals surface area (Å²) in [4.78, 5) is 13.0. The summed E-state index contributed by atoms with van der Waals surface area (Å²) in [6.45, 7) is 14.6. The van der Waals surface area contributed by atoms with Crippen molar-refractivity contribution in [2.45, 2.75) is 166 Å². The van der Waals surface area contributed by atoms with Gasteiger partial charge in [0, 0.05) is 0 Å². The van der Waals surface area contributed by atoms with Gasteiger partial charge in [-0.05, 0) is 124 Å². The van der Waals surface area contributed by atoms with E-state index in [1.165, 1.54) is 0 Å². The normalized spacial score (nSPS) is 56.7. The van der Waals surface area contributed by atoms with Crippen molar-refractivity contribution in [3.63, 3.8) is 0 Å². The molecule has 7 fully saturated rings. The maximum atomic E-state index is 13.0. The second-order valence-electron chi connectivity index (χ2n) is 19.1. The first kappa shape index (κ1) is 40.0. The van der Waals surface area contributed by atoms with Crippen molar-refractivity contribution in [3.05, 3.63) is 12.2 Å². The van der Waals surface area contributed by atoms with Gasteiger partial charge in [0.05, 0.1) is 30.3 Å². The first-order chi connectivity index (χ1) is 24.8. The molecule has 2 saturated heterocycles. The van der Waals surface area contributed by atoms with E-state index in [2.05, 4.69) is 34.3 Å². The van der Waals surface area contributed by atoms with Crippen molar-refractivity contribution in [1.82, 2.24) is 0 Å². The van der Waals surface area contributed by atoms with Crippen molar-refractivity contribution in [2.24, 2.45) is 51.2 Å². The lowest BCUT2D eigenvalue weighted by molar-refractivity contribution is -0.355. The molecule has 2 aliphatic heterocycles. The number of carboxylic acid groups (broad SMARTS) is 1. The predicted octanol–water partition coefficient (Wildman–Crippen LogP) is 2.10. The molecule has 0 bridgehead atoms. The highest BCUT2D eigenvalue weighted by molar-refractivity contribution is 5.76. The Hall–Kier alpha value is -1.23. The fourth-order valence-electron chi connectivity index (χ4n) is 13.9. The molecule has 5 aliphatic carbocycles. The number of hydrogen-bond donors (Lipinski definition) is 8. The first-order valence-electron chi connectivity index (χ1n) is 20.0. The Bertz CT molecular complexity index is 1410. The van der Waals surface area contributed by atoms with Gasteiger partial charge in [-0.15, -0.1) is 0 Å². The lowest BCUT2D eigenvalue weighted by atomic mass is 9.33. The molecule has 2 heterocycles. The molecule has 0 aromatic heterocycles. The van der Waals surface area contributed by atoms with Gasteiger partial charge >= 0.3 is 5.97 Å². The van der Waals surface area contributed by atoms with Crippen LogP contribution in [0.15, 0.2) is 12.2 Å². The van der Waals surface area contributed by atoms with Gasteiger partial charge in [0.2, 0.25) is 0 Å². The summed E-state index contributed by atoms with van der Waals surface area (Å²) in [7, 11) is 0. The minimum absolute atomic E-state index is 0.0411. The zero-order valence-corrected chi connectivity index (χ0v) is 32.0. The maximum Gasteiger partial charge on any atom is 0.309 e. The third-order valence-electron chi connectivity index (χ3n) is 17.0. The fourth-order valence-corrected chi connectivity index (χ4v) is 13.9. The Balaban J connectivity index is 1.05. The summed E-state index contributed by atoms with van der Waals surface area (Å²) in [6, 6.07) is 0. The summed E-state index contributed by atoms with van der Waals surface area (Å²) in [5, 5.41) is 85.4. The van der Waals surface area contributed by atoms with Gasteiger partial charge < -0.3 is 59.8 Å². The number of aliphatic hydroxyl groups is 7.